The maximum atomic E-state index is 12.9. The Bertz CT molecular complexity index is 1270. The van der Waals surface area contributed by atoms with Gasteiger partial charge in [-0.05, 0) is 83.5 Å². The van der Waals surface area contributed by atoms with Gasteiger partial charge in [0.05, 0.1) is 0 Å². The highest BCUT2D eigenvalue weighted by Gasteiger charge is 2.19. The third kappa shape index (κ3) is 60.1. The number of esters is 3. The zero-order valence-corrected chi connectivity index (χ0v) is 48.9. The van der Waals surface area contributed by atoms with Crippen LogP contribution in [0, 0.1) is 0 Å². The first-order chi connectivity index (χ1) is 36.0. The summed E-state index contributed by atoms with van der Waals surface area (Å²) in [6.07, 6.45) is 76.8. The summed E-state index contributed by atoms with van der Waals surface area (Å²) in [5.41, 5.74) is 0. The van der Waals surface area contributed by atoms with Crippen molar-refractivity contribution in [3.63, 3.8) is 0 Å². The van der Waals surface area contributed by atoms with E-state index in [1.807, 2.05) is 0 Å². The lowest BCUT2D eigenvalue weighted by molar-refractivity contribution is -0.167. The van der Waals surface area contributed by atoms with Gasteiger partial charge < -0.3 is 14.2 Å². The predicted octanol–water partition coefficient (Wildman–Crippen LogP) is 21.8. The first-order valence-electron chi connectivity index (χ1n) is 32.1. The van der Waals surface area contributed by atoms with Crippen LogP contribution in [0.2, 0.25) is 0 Å². The monoisotopic (exact) mass is 1020 g/mol. The predicted molar refractivity (Wildman–Crippen MR) is 316 cm³/mol. The van der Waals surface area contributed by atoms with Gasteiger partial charge in [-0.25, -0.2) is 0 Å². The molecule has 0 aliphatic rings. The van der Waals surface area contributed by atoms with Crippen LogP contribution in [-0.4, -0.2) is 37.2 Å². The van der Waals surface area contributed by atoms with Gasteiger partial charge in [-0.15, -0.1) is 0 Å². The minimum absolute atomic E-state index is 0.0742. The average molecular weight is 1020 g/mol. The number of hydrogen-bond donors (Lipinski definition) is 0. The largest absolute Gasteiger partial charge is 0.462 e. The molecule has 73 heavy (non-hydrogen) atoms. The van der Waals surface area contributed by atoms with E-state index < -0.39 is 6.10 Å². The number of carbonyl (C=O) groups excluding carboxylic acids is 3. The molecule has 1 unspecified atom stereocenters. The van der Waals surface area contributed by atoms with Crippen LogP contribution in [0.3, 0.4) is 0 Å². The Labute approximate surface area is 454 Å². The average Bonchev–Trinajstić information content (AvgIpc) is 3.39. The van der Waals surface area contributed by atoms with Crippen molar-refractivity contribution in [3.05, 3.63) is 48.6 Å². The van der Waals surface area contributed by atoms with Crippen LogP contribution in [-0.2, 0) is 28.6 Å². The highest BCUT2D eigenvalue weighted by molar-refractivity contribution is 5.71. The quantitative estimate of drug-likeness (QED) is 0.0261. The Morgan fingerprint density at radius 2 is 0.493 bits per heavy atom. The molecule has 426 valence electrons. The van der Waals surface area contributed by atoms with Crippen LogP contribution in [0.1, 0.15) is 342 Å². The minimum atomic E-state index is -0.776. The molecular weight excluding hydrogens is 901 g/mol. The summed E-state index contributed by atoms with van der Waals surface area (Å²) in [6.45, 7) is 6.66. The molecule has 6 heteroatoms. The van der Waals surface area contributed by atoms with Crippen molar-refractivity contribution in [1.82, 2.24) is 0 Å². The van der Waals surface area contributed by atoms with Crippen molar-refractivity contribution in [2.24, 2.45) is 0 Å². The van der Waals surface area contributed by atoms with Crippen molar-refractivity contribution < 1.29 is 28.6 Å². The summed E-state index contributed by atoms with van der Waals surface area (Å²) in [5.74, 6) is -0.866. The number of allylic oxidation sites excluding steroid dienone is 8. The SMILES string of the molecule is CCCCCCC/C=C\C/C=C\C/C=C\CCCCCCCCCCCCC(=O)OCC(COC(=O)CCCCCCC/C=C\CCCCCCC)OC(=O)CCCCCCCCCCCCCCCCCC. The van der Waals surface area contributed by atoms with Crippen molar-refractivity contribution in [2.75, 3.05) is 13.2 Å². The Morgan fingerprint density at radius 3 is 0.781 bits per heavy atom. The molecule has 0 heterocycles. The number of carbonyl (C=O) groups is 3. The van der Waals surface area contributed by atoms with Crippen molar-refractivity contribution >= 4 is 17.9 Å². The van der Waals surface area contributed by atoms with E-state index in [2.05, 4.69) is 69.4 Å². The molecule has 0 N–H and O–H groups in total. The molecule has 0 aliphatic heterocycles. The molecule has 0 radical (unpaired) electrons. The van der Waals surface area contributed by atoms with Crippen LogP contribution in [0.5, 0.6) is 0 Å². The van der Waals surface area contributed by atoms with Crippen LogP contribution in [0.4, 0.5) is 0 Å². The Hall–Kier alpha value is -2.63. The second kappa shape index (κ2) is 61.9. The molecule has 0 bridgehead atoms. The number of unbranched alkanes of at least 4 members (excludes halogenated alkanes) is 40. The molecular formula is C67H122O6. The van der Waals surface area contributed by atoms with Gasteiger partial charge in [0.2, 0.25) is 0 Å². The minimum Gasteiger partial charge on any atom is -0.462 e. The molecule has 0 aromatic carbocycles. The van der Waals surface area contributed by atoms with Gasteiger partial charge in [-0.3, -0.25) is 14.4 Å². The molecule has 1 atom stereocenters. The standard InChI is InChI=1S/C67H122O6/c1-4-7-10-13-16-19-22-25-28-30-31-32-33-34-35-36-37-38-40-42-45-48-51-54-57-60-66(69)72-63-64(62-71-65(68)59-56-53-50-47-44-41-27-24-21-18-15-12-9-6-3)73-67(70)61-58-55-52-49-46-43-39-29-26-23-20-17-14-11-8-5-2/h22,24-25,27,30-31,33-34,64H,4-21,23,26,28-29,32,35-63H2,1-3H3/b25-22-,27-24-,31-30-,34-33-. The Balaban J connectivity index is 4.29. The fourth-order valence-corrected chi connectivity index (χ4v) is 9.45. The number of hydrogen-bond acceptors (Lipinski definition) is 6. The molecule has 0 fully saturated rings. The lowest BCUT2D eigenvalue weighted by atomic mass is 10.0. The van der Waals surface area contributed by atoms with Crippen LogP contribution >= 0.6 is 0 Å². The molecule has 0 spiro atoms. The fourth-order valence-electron chi connectivity index (χ4n) is 9.45. The normalized spacial score (nSPS) is 12.3. The second-order valence-electron chi connectivity index (χ2n) is 21.7. The summed E-state index contributed by atoms with van der Waals surface area (Å²) in [5, 5.41) is 0. The molecule has 0 aliphatic carbocycles. The topological polar surface area (TPSA) is 78.9 Å². The highest BCUT2D eigenvalue weighted by atomic mass is 16.6. The molecule has 0 saturated heterocycles. The van der Waals surface area contributed by atoms with Gasteiger partial charge in [0, 0.05) is 19.3 Å². The van der Waals surface area contributed by atoms with Crippen molar-refractivity contribution in [1.29, 1.82) is 0 Å². The Morgan fingerprint density at radius 1 is 0.274 bits per heavy atom. The lowest BCUT2D eigenvalue weighted by Gasteiger charge is -2.18. The number of rotatable bonds is 59. The van der Waals surface area contributed by atoms with Crippen molar-refractivity contribution in [2.45, 2.75) is 348 Å². The van der Waals surface area contributed by atoms with E-state index in [0.717, 1.165) is 77.0 Å². The fraction of sp³-hybridized carbons (Fsp3) is 0.836. The molecule has 0 amide bonds. The maximum Gasteiger partial charge on any atom is 0.306 e. The molecule has 0 aromatic heterocycles. The van der Waals surface area contributed by atoms with E-state index in [4.69, 9.17) is 14.2 Å². The second-order valence-corrected chi connectivity index (χ2v) is 21.7. The summed E-state index contributed by atoms with van der Waals surface area (Å²) < 4.78 is 16.9. The van der Waals surface area contributed by atoms with Crippen molar-refractivity contribution in [3.8, 4) is 0 Å². The van der Waals surface area contributed by atoms with Crippen LogP contribution in [0.25, 0.3) is 0 Å². The van der Waals surface area contributed by atoms with E-state index >= 15 is 0 Å². The van der Waals surface area contributed by atoms with Gasteiger partial charge in [0.15, 0.2) is 6.10 Å². The van der Waals surface area contributed by atoms with Gasteiger partial charge in [-0.1, -0.05) is 288 Å². The smallest absolute Gasteiger partial charge is 0.306 e. The molecule has 0 rings (SSSR count). The zero-order chi connectivity index (χ0) is 52.9. The first kappa shape index (κ1) is 70.4. The first-order valence-corrected chi connectivity index (χ1v) is 32.1. The highest BCUT2D eigenvalue weighted by Crippen LogP contribution is 2.17. The third-order valence-corrected chi connectivity index (χ3v) is 14.3. The van der Waals surface area contributed by atoms with E-state index in [1.54, 1.807) is 0 Å². The van der Waals surface area contributed by atoms with Gasteiger partial charge in [0.1, 0.15) is 13.2 Å². The van der Waals surface area contributed by atoms with E-state index in [-0.39, 0.29) is 31.1 Å². The van der Waals surface area contributed by atoms with Gasteiger partial charge in [-0.2, -0.15) is 0 Å². The molecule has 0 saturated carbocycles. The van der Waals surface area contributed by atoms with Gasteiger partial charge in [0.25, 0.3) is 0 Å². The van der Waals surface area contributed by atoms with Crippen LogP contribution in [0.15, 0.2) is 48.6 Å². The number of ether oxygens (including phenoxy) is 3. The summed E-state index contributed by atoms with van der Waals surface area (Å²) in [4.78, 5) is 38.3. The van der Waals surface area contributed by atoms with E-state index in [9.17, 15) is 14.4 Å². The summed E-state index contributed by atoms with van der Waals surface area (Å²) >= 11 is 0. The third-order valence-electron chi connectivity index (χ3n) is 14.3. The molecule has 6 nitrogen and oxygen atoms in total. The zero-order valence-electron chi connectivity index (χ0n) is 48.9. The lowest BCUT2D eigenvalue weighted by Crippen LogP contribution is -2.30. The van der Waals surface area contributed by atoms with E-state index in [0.29, 0.717) is 19.3 Å². The van der Waals surface area contributed by atoms with E-state index in [1.165, 1.54) is 225 Å². The van der Waals surface area contributed by atoms with Gasteiger partial charge >= 0.3 is 17.9 Å². The maximum absolute atomic E-state index is 12.9. The molecule has 0 aromatic rings. The Kier molecular flexibility index (Phi) is 59.7. The summed E-state index contributed by atoms with van der Waals surface area (Å²) in [6, 6.07) is 0. The van der Waals surface area contributed by atoms with Crippen LogP contribution < -0.4 is 0 Å². The summed E-state index contributed by atoms with van der Waals surface area (Å²) in [7, 11) is 0.